The van der Waals surface area contributed by atoms with Gasteiger partial charge in [-0.05, 0) is 54.4 Å². The quantitative estimate of drug-likeness (QED) is 0.354. The summed E-state index contributed by atoms with van der Waals surface area (Å²) in [5, 5.41) is 3.93. The lowest BCUT2D eigenvalue weighted by Crippen LogP contribution is -2.41. The van der Waals surface area contributed by atoms with E-state index in [1.54, 1.807) is 55.1 Å². The predicted octanol–water partition coefficient (Wildman–Crippen LogP) is 5.55. The summed E-state index contributed by atoms with van der Waals surface area (Å²) in [5.41, 5.74) is 2.07. The van der Waals surface area contributed by atoms with E-state index in [1.807, 2.05) is 24.3 Å². The van der Waals surface area contributed by atoms with E-state index in [9.17, 15) is 13.2 Å². The zero-order chi connectivity index (χ0) is 23.8. The smallest absolute Gasteiger partial charge is 0.264 e. The van der Waals surface area contributed by atoms with E-state index in [-0.39, 0.29) is 11.4 Å². The van der Waals surface area contributed by atoms with Crippen molar-refractivity contribution < 1.29 is 13.2 Å². The molecule has 1 N–H and O–H groups in total. The molecular weight excluding hydrogens is 499 g/mol. The van der Waals surface area contributed by atoms with Crippen LogP contribution in [-0.2, 0) is 20.6 Å². The Balaban J connectivity index is 1.67. The van der Waals surface area contributed by atoms with Crippen LogP contribution in [0.2, 0.25) is 10.0 Å². The van der Waals surface area contributed by atoms with Gasteiger partial charge >= 0.3 is 0 Å². The maximum Gasteiger partial charge on any atom is 0.264 e. The molecule has 0 heterocycles. The van der Waals surface area contributed by atoms with Crippen LogP contribution in [0.15, 0.2) is 77.7 Å². The molecule has 0 saturated heterocycles. The topological polar surface area (TPSA) is 66.5 Å². The van der Waals surface area contributed by atoms with Gasteiger partial charge in [-0.2, -0.15) is 11.8 Å². The fourth-order valence-electron chi connectivity index (χ4n) is 3.15. The van der Waals surface area contributed by atoms with Gasteiger partial charge in [0, 0.05) is 28.1 Å². The Labute approximate surface area is 209 Å². The summed E-state index contributed by atoms with van der Waals surface area (Å²) in [7, 11) is -3.97. The second kappa shape index (κ2) is 11.8. The van der Waals surface area contributed by atoms with E-state index in [1.165, 1.54) is 12.1 Å². The second-order valence-corrected chi connectivity index (χ2v) is 11.1. The van der Waals surface area contributed by atoms with Gasteiger partial charge in [0.2, 0.25) is 5.91 Å². The lowest BCUT2D eigenvalue weighted by Gasteiger charge is -2.26. The number of hydrogen-bond donors (Lipinski definition) is 1. The maximum atomic E-state index is 13.4. The van der Waals surface area contributed by atoms with Crippen LogP contribution in [-0.4, -0.2) is 33.2 Å². The molecule has 0 aliphatic heterocycles. The lowest BCUT2D eigenvalue weighted by molar-refractivity contribution is -0.119. The summed E-state index contributed by atoms with van der Waals surface area (Å²) in [6.45, 7) is 1.80. The van der Waals surface area contributed by atoms with Gasteiger partial charge in [0.1, 0.15) is 6.54 Å². The molecule has 3 aromatic carbocycles. The highest BCUT2D eigenvalue weighted by molar-refractivity contribution is 7.98. The highest BCUT2D eigenvalue weighted by Gasteiger charge is 2.28. The summed E-state index contributed by atoms with van der Waals surface area (Å²) >= 11 is 13.9. The largest absolute Gasteiger partial charge is 0.354 e. The average molecular weight is 524 g/mol. The Morgan fingerprint density at radius 3 is 2.45 bits per heavy atom. The van der Waals surface area contributed by atoms with Crippen LogP contribution in [0.25, 0.3) is 0 Å². The van der Waals surface area contributed by atoms with Gasteiger partial charge < -0.3 is 5.32 Å². The van der Waals surface area contributed by atoms with E-state index >= 15 is 0 Å². The predicted molar refractivity (Wildman–Crippen MR) is 138 cm³/mol. The van der Waals surface area contributed by atoms with Gasteiger partial charge in [-0.15, -0.1) is 0 Å². The van der Waals surface area contributed by atoms with Crippen molar-refractivity contribution in [1.29, 1.82) is 0 Å². The standard InChI is InChI=1S/C24H24Cl2N2O3S2/c1-18-22(26)11-6-12-23(18)28(33(30,31)21-9-3-2-4-10-21)16-24(29)27-13-14-32-17-19-7-5-8-20(25)15-19/h2-12,15H,13-14,16-17H2,1H3,(H,27,29). The highest BCUT2D eigenvalue weighted by Crippen LogP contribution is 2.30. The minimum atomic E-state index is -3.97. The molecule has 0 bridgehead atoms. The third-order valence-electron chi connectivity index (χ3n) is 4.85. The van der Waals surface area contributed by atoms with Gasteiger partial charge in [0.25, 0.3) is 10.0 Å². The Bertz CT molecular complexity index is 1210. The number of halogens is 2. The molecule has 3 aromatic rings. The fourth-order valence-corrected chi connectivity index (χ4v) is 5.84. The molecule has 33 heavy (non-hydrogen) atoms. The van der Waals surface area contributed by atoms with Crippen molar-refractivity contribution >= 4 is 56.6 Å². The lowest BCUT2D eigenvalue weighted by atomic mass is 10.2. The van der Waals surface area contributed by atoms with Crippen molar-refractivity contribution in [3.05, 3.63) is 94.0 Å². The zero-order valence-corrected chi connectivity index (χ0v) is 21.1. The van der Waals surface area contributed by atoms with Gasteiger partial charge in [-0.1, -0.05) is 59.6 Å². The molecule has 0 fully saturated rings. The van der Waals surface area contributed by atoms with Crippen molar-refractivity contribution in [2.45, 2.75) is 17.6 Å². The van der Waals surface area contributed by atoms with Crippen molar-refractivity contribution in [2.75, 3.05) is 23.1 Å². The molecule has 0 aromatic heterocycles. The molecule has 1 amide bonds. The Kier molecular flexibility index (Phi) is 9.09. The van der Waals surface area contributed by atoms with Crippen LogP contribution < -0.4 is 9.62 Å². The number of nitrogens with zero attached hydrogens (tertiary/aromatic N) is 1. The molecule has 0 aliphatic carbocycles. The molecule has 9 heteroatoms. The van der Waals surface area contributed by atoms with E-state index in [4.69, 9.17) is 23.2 Å². The second-order valence-electron chi connectivity index (χ2n) is 7.24. The van der Waals surface area contributed by atoms with Crippen LogP contribution in [0.3, 0.4) is 0 Å². The first-order valence-electron chi connectivity index (χ1n) is 10.2. The Morgan fingerprint density at radius 1 is 1.00 bits per heavy atom. The van der Waals surface area contributed by atoms with Crippen molar-refractivity contribution in [1.82, 2.24) is 5.32 Å². The Morgan fingerprint density at radius 2 is 1.73 bits per heavy atom. The van der Waals surface area contributed by atoms with Crippen LogP contribution in [0.1, 0.15) is 11.1 Å². The molecular formula is C24H24Cl2N2O3S2. The number of carbonyl (C=O) groups is 1. The van der Waals surface area contributed by atoms with Gasteiger partial charge in [0.15, 0.2) is 0 Å². The normalized spacial score (nSPS) is 11.2. The average Bonchev–Trinajstić information content (AvgIpc) is 2.80. The first-order valence-corrected chi connectivity index (χ1v) is 13.6. The summed E-state index contributed by atoms with van der Waals surface area (Å²) in [4.78, 5) is 12.8. The monoisotopic (exact) mass is 522 g/mol. The van der Waals surface area contributed by atoms with Gasteiger partial charge in [-0.3, -0.25) is 9.10 Å². The maximum absolute atomic E-state index is 13.4. The number of anilines is 1. The van der Waals surface area contributed by atoms with Crippen molar-refractivity contribution in [3.63, 3.8) is 0 Å². The number of sulfonamides is 1. The van der Waals surface area contributed by atoms with Crippen LogP contribution in [0.5, 0.6) is 0 Å². The van der Waals surface area contributed by atoms with Gasteiger partial charge in [-0.25, -0.2) is 8.42 Å². The van der Waals surface area contributed by atoms with E-state index < -0.39 is 15.9 Å². The third kappa shape index (κ3) is 6.90. The van der Waals surface area contributed by atoms with Crippen LogP contribution in [0.4, 0.5) is 5.69 Å². The Hall–Kier alpha value is -2.19. The summed E-state index contributed by atoms with van der Waals surface area (Å²) < 4.78 is 27.9. The summed E-state index contributed by atoms with van der Waals surface area (Å²) in [6, 6.07) is 20.7. The number of carbonyl (C=O) groups excluding carboxylic acids is 1. The first kappa shape index (κ1) is 25.4. The molecule has 5 nitrogen and oxygen atoms in total. The van der Waals surface area contributed by atoms with Crippen LogP contribution in [0, 0.1) is 6.92 Å². The number of thioether (sulfide) groups is 1. The number of amides is 1. The van der Waals surface area contributed by atoms with E-state index in [0.717, 1.165) is 15.6 Å². The third-order valence-corrected chi connectivity index (χ3v) is 8.30. The molecule has 0 spiro atoms. The minimum absolute atomic E-state index is 0.106. The van der Waals surface area contributed by atoms with E-state index in [2.05, 4.69) is 5.32 Å². The number of rotatable bonds is 10. The highest BCUT2D eigenvalue weighted by atomic mass is 35.5. The zero-order valence-electron chi connectivity index (χ0n) is 18.0. The fraction of sp³-hybridized carbons (Fsp3) is 0.208. The molecule has 0 aliphatic rings. The van der Waals surface area contributed by atoms with Crippen LogP contribution >= 0.6 is 35.0 Å². The number of hydrogen-bond acceptors (Lipinski definition) is 4. The van der Waals surface area contributed by atoms with Gasteiger partial charge in [0.05, 0.1) is 10.6 Å². The van der Waals surface area contributed by atoms with E-state index in [0.29, 0.717) is 33.6 Å². The molecule has 174 valence electrons. The molecule has 0 saturated carbocycles. The first-order chi connectivity index (χ1) is 15.8. The molecule has 0 radical (unpaired) electrons. The SMILES string of the molecule is Cc1c(Cl)cccc1N(CC(=O)NCCSCc1cccc(Cl)c1)S(=O)(=O)c1ccccc1. The molecule has 0 atom stereocenters. The number of benzene rings is 3. The summed E-state index contributed by atoms with van der Waals surface area (Å²) in [5.74, 6) is 1.06. The van der Waals surface area contributed by atoms with Crippen molar-refractivity contribution in [3.8, 4) is 0 Å². The minimum Gasteiger partial charge on any atom is -0.354 e. The molecule has 3 rings (SSSR count). The van der Waals surface area contributed by atoms with Crippen molar-refractivity contribution in [2.24, 2.45) is 0 Å². The summed E-state index contributed by atoms with van der Waals surface area (Å²) in [6.07, 6.45) is 0. The molecule has 0 unspecified atom stereocenters. The number of nitrogens with one attached hydrogen (secondary N) is 1.